The second-order valence-electron chi connectivity index (χ2n) is 5.19. The molecule has 0 bridgehead atoms. The monoisotopic (exact) mass is 286 g/mol. The summed E-state index contributed by atoms with van der Waals surface area (Å²) < 4.78 is 0.708. The first kappa shape index (κ1) is 14.9. The number of aromatic nitrogens is 2. The van der Waals surface area contributed by atoms with Gasteiger partial charge in [-0.1, -0.05) is 56.8 Å². The highest BCUT2D eigenvalue weighted by Crippen LogP contribution is 2.22. The maximum absolute atomic E-state index is 5.38. The third-order valence-electron chi connectivity index (χ3n) is 3.47. The zero-order chi connectivity index (χ0) is 14.5. The number of rotatable bonds is 5. The molecule has 1 aromatic carbocycles. The number of nitrogens with zero attached hydrogens (tertiary/aromatic N) is 1. The molecule has 0 atom stereocenters. The Bertz CT molecular complexity index is 626. The average molecular weight is 286 g/mol. The SMILES string of the molecule is CCCc1ccc(-c2[nH]c(CCC)nc(=S)c2C)cc1. The fourth-order valence-corrected chi connectivity index (χ4v) is 2.56. The maximum Gasteiger partial charge on any atom is 0.133 e. The van der Waals surface area contributed by atoms with Crippen molar-refractivity contribution in [3.05, 3.63) is 45.9 Å². The van der Waals surface area contributed by atoms with Gasteiger partial charge in [0, 0.05) is 12.0 Å². The van der Waals surface area contributed by atoms with Crippen LogP contribution in [-0.2, 0) is 12.8 Å². The third kappa shape index (κ3) is 3.34. The summed E-state index contributed by atoms with van der Waals surface area (Å²) in [6.07, 6.45) is 4.31. The minimum absolute atomic E-state index is 0.708. The first-order chi connectivity index (χ1) is 9.65. The molecule has 0 aliphatic heterocycles. The summed E-state index contributed by atoms with van der Waals surface area (Å²) in [4.78, 5) is 7.90. The molecule has 1 aromatic heterocycles. The Balaban J connectivity index is 2.42. The molecule has 0 fully saturated rings. The average Bonchev–Trinajstić information content (AvgIpc) is 2.44. The van der Waals surface area contributed by atoms with Crippen molar-refractivity contribution in [3.8, 4) is 11.3 Å². The number of nitrogens with one attached hydrogen (secondary N) is 1. The lowest BCUT2D eigenvalue weighted by Gasteiger charge is -2.10. The zero-order valence-electron chi connectivity index (χ0n) is 12.5. The first-order valence-electron chi connectivity index (χ1n) is 7.34. The Morgan fingerprint density at radius 2 is 1.70 bits per heavy atom. The largest absolute Gasteiger partial charge is 0.343 e. The van der Waals surface area contributed by atoms with E-state index in [0.29, 0.717) is 4.64 Å². The molecule has 0 radical (unpaired) electrons. The lowest BCUT2D eigenvalue weighted by molar-refractivity contribution is 0.829. The molecule has 1 heterocycles. The summed E-state index contributed by atoms with van der Waals surface area (Å²) in [6, 6.07) is 8.76. The normalized spacial score (nSPS) is 10.8. The molecule has 0 spiro atoms. The van der Waals surface area contributed by atoms with Crippen molar-refractivity contribution < 1.29 is 0 Å². The van der Waals surface area contributed by atoms with Gasteiger partial charge in [0.15, 0.2) is 0 Å². The smallest absolute Gasteiger partial charge is 0.133 e. The van der Waals surface area contributed by atoms with Crippen LogP contribution in [0, 0.1) is 11.6 Å². The molecular weight excluding hydrogens is 264 g/mol. The van der Waals surface area contributed by atoms with Crippen molar-refractivity contribution in [2.75, 3.05) is 0 Å². The standard InChI is InChI=1S/C17H22N2S/c1-4-6-13-8-10-14(11-9-13)16-12(3)17(20)19-15(18-16)7-5-2/h8-11H,4-7H2,1-3H3,(H,18,19,20). The van der Waals surface area contributed by atoms with Crippen LogP contribution >= 0.6 is 12.2 Å². The summed E-state index contributed by atoms with van der Waals surface area (Å²) in [5, 5.41) is 0. The van der Waals surface area contributed by atoms with Crippen LogP contribution in [0.3, 0.4) is 0 Å². The van der Waals surface area contributed by atoms with Gasteiger partial charge in [0.1, 0.15) is 10.5 Å². The summed E-state index contributed by atoms with van der Waals surface area (Å²) in [6.45, 7) is 6.39. The van der Waals surface area contributed by atoms with Gasteiger partial charge in [-0.3, -0.25) is 0 Å². The van der Waals surface area contributed by atoms with Crippen molar-refractivity contribution in [1.29, 1.82) is 0 Å². The topological polar surface area (TPSA) is 28.7 Å². The molecule has 3 heteroatoms. The maximum atomic E-state index is 5.38. The van der Waals surface area contributed by atoms with Crippen LogP contribution in [0.2, 0.25) is 0 Å². The molecule has 20 heavy (non-hydrogen) atoms. The summed E-state index contributed by atoms with van der Waals surface area (Å²) in [7, 11) is 0. The van der Waals surface area contributed by atoms with Gasteiger partial charge in [-0.05, 0) is 30.9 Å². The number of hydrogen-bond donors (Lipinski definition) is 1. The Morgan fingerprint density at radius 1 is 1.05 bits per heavy atom. The van der Waals surface area contributed by atoms with Crippen molar-refractivity contribution in [2.24, 2.45) is 0 Å². The van der Waals surface area contributed by atoms with E-state index in [0.717, 1.165) is 36.3 Å². The highest BCUT2D eigenvalue weighted by Gasteiger charge is 2.07. The molecule has 2 aromatic rings. The predicted octanol–water partition coefficient (Wildman–Crippen LogP) is 5.02. The summed E-state index contributed by atoms with van der Waals surface area (Å²) in [5.74, 6) is 0.982. The van der Waals surface area contributed by atoms with E-state index >= 15 is 0 Å². The molecule has 106 valence electrons. The predicted molar refractivity (Wildman–Crippen MR) is 87.6 cm³/mol. The van der Waals surface area contributed by atoms with Crippen molar-refractivity contribution in [3.63, 3.8) is 0 Å². The number of aromatic amines is 1. The van der Waals surface area contributed by atoms with Gasteiger partial charge >= 0.3 is 0 Å². The van der Waals surface area contributed by atoms with Gasteiger partial charge in [-0.15, -0.1) is 0 Å². The van der Waals surface area contributed by atoms with Crippen molar-refractivity contribution in [2.45, 2.75) is 46.5 Å². The van der Waals surface area contributed by atoms with Crippen LogP contribution < -0.4 is 0 Å². The van der Waals surface area contributed by atoms with Crippen molar-refractivity contribution >= 4 is 12.2 Å². The molecule has 0 unspecified atom stereocenters. The highest BCUT2D eigenvalue weighted by molar-refractivity contribution is 7.71. The summed E-state index contributed by atoms with van der Waals surface area (Å²) in [5.41, 5.74) is 4.74. The summed E-state index contributed by atoms with van der Waals surface area (Å²) >= 11 is 5.38. The van der Waals surface area contributed by atoms with Gasteiger partial charge in [-0.25, -0.2) is 4.98 Å². The van der Waals surface area contributed by atoms with E-state index in [1.165, 1.54) is 17.5 Å². The first-order valence-corrected chi connectivity index (χ1v) is 7.75. The van der Waals surface area contributed by atoms with E-state index in [1.54, 1.807) is 0 Å². The van der Waals surface area contributed by atoms with E-state index < -0.39 is 0 Å². The Hall–Kier alpha value is -1.48. The number of hydrogen-bond acceptors (Lipinski definition) is 2. The second kappa shape index (κ2) is 6.80. The molecule has 0 saturated heterocycles. The van der Waals surface area contributed by atoms with E-state index in [2.05, 4.69) is 48.1 Å². The van der Waals surface area contributed by atoms with E-state index in [1.807, 2.05) is 6.92 Å². The molecule has 0 aliphatic carbocycles. The lowest BCUT2D eigenvalue weighted by Crippen LogP contribution is -2.00. The van der Waals surface area contributed by atoms with E-state index in [9.17, 15) is 0 Å². The van der Waals surface area contributed by atoms with Gasteiger partial charge in [-0.2, -0.15) is 0 Å². The van der Waals surface area contributed by atoms with Gasteiger partial charge in [0.2, 0.25) is 0 Å². The van der Waals surface area contributed by atoms with Crippen LogP contribution in [0.1, 0.15) is 43.6 Å². The quantitative estimate of drug-likeness (QED) is 0.782. The van der Waals surface area contributed by atoms with Gasteiger partial charge < -0.3 is 4.98 Å². The Morgan fingerprint density at radius 3 is 2.30 bits per heavy atom. The van der Waals surface area contributed by atoms with E-state index in [-0.39, 0.29) is 0 Å². The fourth-order valence-electron chi connectivity index (χ4n) is 2.35. The molecule has 2 rings (SSSR count). The zero-order valence-corrected chi connectivity index (χ0v) is 13.3. The third-order valence-corrected chi connectivity index (χ3v) is 3.87. The number of H-pyrrole nitrogens is 1. The van der Waals surface area contributed by atoms with Crippen LogP contribution in [0.5, 0.6) is 0 Å². The van der Waals surface area contributed by atoms with Gasteiger partial charge in [0.05, 0.1) is 5.69 Å². The Labute approximate surface area is 126 Å². The number of benzene rings is 1. The second-order valence-corrected chi connectivity index (χ2v) is 5.57. The van der Waals surface area contributed by atoms with Crippen LogP contribution in [0.25, 0.3) is 11.3 Å². The molecule has 0 amide bonds. The minimum atomic E-state index is 0.708. The molecule has 2 nitrogen and oxygen atoms in total. The van der Waals surface area contributed by atoms with Crippen LogP contribution in [0.15, 0.2) is 24.3 Å². The number of aryl methyl sites for hydroxylation is 2. The highest BCUT2D eigenvalue weighted by atomic mass is 32.1. The van der Waals surface area contributed by atoms with E-state index in [4.69, 9.17) is 12.2 Å². The van der Waals surface area contributed by atoms with Crippen molar-refractivity contribution in [1.82, 2.24) is 9.97 Å². The lowest BCUT2D eigenvalue weighted by atomic mass is 10.0. The molecule has 0 saturated carbocycles. The fraction of sp³-hybridized carbons (Fsp3) is 0.412. The van der Waals surface area contributed by atoms with Crippen LogP contribution in [0.4, 0.5) is 0 Å². The molecular formula is C17H22N2S. The molecule has 1 N–H and O–H groups in total. The Kier molecular flexibility index (Phi) is 5.07. The minimum Gasteiger partial charge on any atom is -0.343 e. The van der Waals surface area contributed by atoms with Gasteiger partial charge in [0.25, 0.3) is 0 Å². The van der Waals surface area contributed by atoms with Crippen LogP contribution in [-0.4, -0.2) is 9.97 Å². The molecule has 0 aliphatic rings.